The van der Waals surface area contributed by atoms with E-state index < -0.39 is 5.82 Å². The van der Waals surface area contributed by atoms with Crippen LogP contribution >= 0.6 is 0 Å². The summed E-state index contributed by atoms with van der Waals surface area (Å²) >= 11 is 0. The first-order valence-electron chi connectivity index (χ1n) is 6.48. The summed E-state index contributed by atoms with van der Waals surface area (Å²) in [4.78, 5) is 24.9. The van der Waals surface area contributed by atoms with Gasteiger partial charge in [0.15, 0.2) is 0 Å². The first-order valence-corrected chi connectivity index (χ1v) is 6.48. The molecule has 1 aromatic carbocycles. The van der Waals surface area contributed by atoms with Crippen molar-refractivity contribution in [1.82, 2.24) is 10.2 Å². The summed E-state index contributed by atoms with van der Waals surface area (Å²) in [6.45, 7) is 4.45. The Hall–Kier alpha value is -2.11. The molecule has 1 N–H and O–H groups in total. The van der Waals surface area contributed by atoms with Gasteiger partial charge < -0.3 is 15.0 Å². The Morgan fingerprint density at radius 3 is 2.90 bits per heavy atom. The fraction of sp³-hybridized carbons (Fsp3) is 0.429. The minimum absolute atomic E-state index is 0.0615. The van der Waals surface area contributed by atoms with Crippen molar-refractivity contribution in [1.29, 1.82) is 0 Å². The fourth-order valence-electron chi connectivity index (χ4n) is 2.01. The molecule has 1 aromatic rings. The Labute approximate surface area is 116 Å². The highest BCUT2D eigenvalue weighted by molar-refractivity contribution is 5.94. The van der Waals surface area contributed by atoms with Crippen LogP contribution in [0.4, 0.5) is 9.18 Å². The van der Waals surface area contributed by atoms with Crippen molar-refractivity contribution in [2.45, 2.75) is 26.0 Å². The summed E-state index contributed by atoms with van der Waals surface area (Å²) in [6, 6.07) is 5.50. The van der Waals surface area contributed by atoms with E-state index in [4.69, 9.17) is 4.74 Å². The molecule has 1 atom stereocenters. The van der Waals surface area contributed by atoms with Crippen LogP contribution < -0.4 is 5.32 Å². The Balaban J connectivity index is 1.87. The number of nitrogens with zero attached hydrogens (tertiary/aromatic N) is 1. The number of carbonyl (C=O) groups excluding carboxylic acids is 2. The van der Waals surface area contributed by atoms with E-state index in [-0.39, 0.29) is 36.3 Å². The lowest BCUT2D eigenvalue weighted by atomic mass is 10.2. The van der Waals surface area contributed by atoms with Gasteiger partial charge in [-0.15, -0.1) is 0 Å². The van der Waals surface area contributed by atoms with Gasteiger partial charge in [0.2, 0.25) is 0 Å². The van der Waals surface area contributed by atoms with E-state index in [1.54, 1.807) is 4.90 Å². The van der Waals surface area contributed by atoms with Crippen molar-refractivity contribution >= 4 is 12.0 Å². The normalized spacial score (nSPS) is 18.3. The molecule has 1 fully saturated rings. The number of cyclic esters (lactones) is 1. The molecule has 0 aromatic heterocycles. The van der Waals surface area contributed by atoms with Gasteiger partial charge in [0, 0.05) is 11.6 Å². The Morgan fingerprint density at radius 2 is 2.30 bits per heavy atom. The molecule has 0 spiro atoms. The van der Waals surface area contributed by atoms with Gasteiger partial charge in [0.25, 0.3) is 5.91 Å². The number of hydrogen-bond acceptors (Lipinski definition) is 3. The number of amides is 2. The quantitative estimate of drug-likeness (QED) is 0.914. The lowest BCUT2D eigenvalue weighted by Crippen LogP contribution is -2.36. The summed E-state index contributed by atoms with van der Waals surface area (Å²) in [7, 11) is 0. The molecule has 1 saturated heterocycles. The summed E-state index contributed by atoms with van der Waals surface area (Å²) in [6.07, 6.45) is -0.743. The van der Waals surface area contributed by atoms with Crippen molar-refractivity contribution in [3.63, 3.8) is 0 Å². The van der Waals surface area contributed by atoms with E-state index in [2.05, 4.69) is 5.32 Å². The van der Waals surface area contributed by atoms with Gasteiger partial charge in [-0.05, 0) is 32.0 Å². The highest BCUT2D eigenvalue weighted by atomic mass is 19.1. The maximum atomic E-state index is 13.0. The van der Waals surface area contributed by atoms with Gasteiger partial charge >= 0.3 is 6.09 Å². The van der Waals surface area contributed by atoms with Crippen LogP contribution in [0.1, 0.15) is 24.2 Å². The van der Waals surface area contributed by atoms with Crippen LogP contribution in [-0.4, -0.2) is 42.1 Å². The molecule has 108 valence electrons. The molecule has 20 heavy (non-hydrogen) atoms. The lowest BCUT2D eigenvalue weighted by molar-refractivity contribution is 0.0913. The second-order valence-corrected chi connectivity index (χ2v) is 4.97. The molecule has 5 nitrogen and oxygen atoms in total. The van der Waals surface area contributed by atoms with Crippen LogP contribution in [0, 0.1) is 5.82 Å². The average molecular weight is 280 g/mol. The Kier molecular flexibility index (Phi) is 4.22. The van der Waals surface area contributed by atoms with Gasteiger partial charge in [-0.3, -0.25) is 4.79 Å². The smallest absolute Gasteiger partial charge is 0.410 e. The molecule has 0 radical (unpaired) electrons. The number of halogens is 1. The Bertz CT molecular complexity index is 519. The van der Waals surface area contributed by atoms with Crippen LogP contribution in [0.3, 0.4) is 0 Å². The SMILES string of the molecule is CC(C)N1CC(CNC(=O)c2cccc(F)c2)OC1=O. The zero-order valence-corrected chi connectivity index (χ0v) is 11.4. The molecular formula is C14H17FN2O3. The molecule has 6 heteroatoms. The largest absolute Gasteiger partial charge is 0.442 e. The van der Waals surface area contributed by atoms with Gasteiger partial charge in [0.05, 0.1) is 13.1 Å². The van der Waals surface area contributed by atoms with Crippen LogP contribution in [0.2, 0.25) is 0 Å². The van der Waals surface area contributed by atoms with E-state index in [0.29, 0.717) is 6.54 Å². The molecule has 2 rings (SSSR count). The Morgan fingerprint density at radius 1 is 1.55 bits per heavy atom. The summed E-state index contributed by atoms with van der Waals surface area (Å²) < 4.78 is 18.1. The highest BCUT2D eigenvalue weighted by Crippen LogP contribution is 2.14. The number of carbonyl (C=O) groups is 2. The van der Waals surface area contributed by atoms with E-state index in [1.165, 1.54) is 18.2 Å². The summed E-state index contributed by atoms with van der Waals surface area (Å²) in [5.41, 5.74) is 0.245. The number of rotatable bonds is 4. The van der Waals surface area contributed by atoms with E-state index >= 15 is 0 Å². The molecule has 0 aliphatic carbocycles. The predicted molar refractivity (Wildman–Crippen MR) is 70.8 cm³/mol. The molecule has 0 bridgehead atoms. The molecule has 1 aliphatic heterocycles. The van der Waals surface area contributed by atoms with Gasteiger partial charge in [-0.2, -0.15) is 0 Å². The fourth-order valence-corrected chi connectivity index (χ4v) is 2.01. The van der Waals surface area contributed by atoms with Crippen molar-refractivity contribution in [3.8, 4) is 0 Å². The van der Waals surface area contributed by atoms with Crippen LogP contribution in [-0.2, 0) is 4.74 Å². The van der Waals surface area contributed by atoms with Crippen LogP contribution in [0.15, 0.2) is 24.3 Å². The van der Waals surface area contributed by atoms with Gasteiger partial charge in [-0.25, -0.2) is 9.18 Å². The number of ether oxygens (including phenoxy) is 1. The minimum Gasteiger partial charge on any atom is -0.442 e. The highest BCUT2D eigenvalue weighted by Gasteiger charge is 2.32. The van der Waals surface area contributed by atoms with Gasteiger partial charge in [-0.1, -0.05) is 6.07 Å². The standard InChI is InChI=1S/C14H17FN2O3/c1-9(2)17-8-12(20-14(17)19)7-16-13(18)10-4-3-5-11(15)6-10/h3-6,9,12H,7-8H2,1-2H3,(H,16,18). The summed E-state index contributed by atoms with van der Waals surface area (Å²) in [5.74, 6) is -0.848. The maximum Gasteiger partial charge on any atom is 0.410 e. The van der Waals surface area contributed by atoms with Crippen molar-refractivity contribution in [3.05, 3.63) is 35.6 Å². The monoisotopic (exact) mass is 280 g/mol. The first-order chi connectivity index (χ1) is 9.47. The third kappa shape index (κ3) is 3.26. The van der Waals surface area contributed by atoms with Crippen molar-refractivity contribution < 1.29 is 18.7 Å². The zero-order valence-electron chi connectivity index (χ0n) is 11.4. The van der Waals surface area contributed by atoms with Crippen LogP contribution in [0.5, 0.6) is 0 Å². The van der Waals surface area contributed by atoms with Crippen LogP contribution in [0.25, 0.3) is 0 Å². The average Bonchev–Trinajstić information content (AvgIpc) is 2.77. The number of hydrogen-bond donors (Lipinski definition) is 1. The molecule has 1 heterocycles. The molecule has 1 aliphatic rings. The van der Waals surface area contributed by atoms with E-state index in [1.807, 2.05) is 13.8 Å². The zero-order chi connectivity index (χ0) is 14.7. The third-order valence-electron chi connectivity index (χ3n) is 3.10. The number of benzene rings is 1. The number of nitrogens with one attached hydrogen (secondary N) is 1. The van der Waals surface area contributed by atoms with Gasteiger partial charge in [0.1, 0.15) is 11.9 Å². The second kappa shape index (κ2) is 5.90. The topological polar surface area (TPSA) is 58.6 Å². The van der Waals surface area contributed by atoms with E-state index in [9.17, 15) is 14.0 Å². The first kappa shape index (κ1) is 14.3. The second-order valence-electron chi connectivity index (χ2n) is 4.97. The van der Waals surface area contributed by atoms with Crippen molar-refractivity contribution in [2.24, 2.45) is 0 Å². The van der Waals surface area contributed by atoms with E-state index in [0.717, 1.165) is 6.07 Å². The third-order valence-corrected chi connectivity index (χ3v) is 3.10. The molecule has 1 unspecified atom stereocenters. The minimum atomic E-state index is -0.462. The predicted octanol–water partition coefficient (Wildman–Crippen LogP) is 1.78. The maximum absolute atomic E-state index is 13.0. The molecular weight excluding hydrogens is 263 g/mol. The lowest BCUT2D eigenvalue weighted by Gasteiger charge is -2.16. The molecule has 2 amide bonds. The molecule has 0 saturated carbocycles. The summed E-state index contributed by atoms with van der Waals surface area (Å²) in [5, 5.41) is 2.64. The van der Waals surface area contributed by atoms with Crippen molar-refractivity contribution in [2.75, 3.05) is 13.1 Å².